The number of hydrogen-bond acceptors (Lipinski definition) is 2. The fourth-order valence-corrected chi connectivity index (χ4v) is 2.98. The fourth-order valence-electron chi connectivity index (χ4n) is 2.72. The molecule has 1 aliphatic carbocycles. The number of rotatable bonds is 4. The van der Waals surface area contributed by atoms with Crippen molar-refractivity contribution < 1.29 is 4.79 Å². The normalized spacial score (nSPS) is 15.5. The summed E-state index contributed by atoms with van der Waals surface area (Å²) in [6, 6.07) is 12.0. The lowest BCUT2D eigenvalue weighted by molar-refractivity contribution is -0.133. The van der Waals surface area contributed by atoms with Crippen LogP contribution >= 0.6 is 15.9 Å². The van der Waals surface area contributed by atoms with E-state index in [2.05, 4.69) is 33.0 Å². The molecule has 1 aromatic carbocycles. The molecule has 108 valence electrons. The minimum absolute atomic E-state index is 0.210. The molecule has 1 aromatic heterocycles. The Morgan fingerprint density at radius 3 is 2.38 bits per heavy atom. The number of aromatic nitrogens is 1. The van der Waals surface area contributed by atoms with Crippen LogP contribution in [-0.4, -0.2) is 22.8 Å². The van der Waals surface area contributed by atoms with Crippen LogP contribution in [0.2, 0.25) is 0 Å². The van der Waals surface area contributed by atoms with Gasteiger partial charge in [-0.15, -0.1) is 0 Å². The predicted octanol–water partition coefficient (Wildman–Crippen LogP) is 3.53. The first kappa shape index (κ1) is 14.3. The first-order valence-corrected chi connectivity index (χ1v) is 7.82. The lowest BCUT2D eigenvalue weighted by Crippen LogP contribution is -2.36. The summed E-state index contributed by atoms with van der Waals surface area (Å²) in [6.07, 6.45) is 5.40. The van der Waals surface area contributed by atoms with Crippen LogP contribution < -0.4 is 0 Å². The molecular weight excluding hydrogens is 328 g/mol. The molecule has 0 bridgehead atoms. The van der Waals surface area contributed by atoms with Crippen LogP contribution in [0.15, 0.2) is 53.3 Å². The Morgan fingerprint density at radius 2 is 1.81 bits per heavy atom. The molecule has 21 heavy (non-hydrogen) atoms. The van der Waals surface area contributed by atoms with Crippen LogP contribution in [0.3, 0.4) is 0 Å². The van der Waals surface area contributed by atoms with Crippen molar-refractivity contribution in [3.63, 3.8) is 0 Å². The highest BCUT2D eigenvalue weighted by molar-refractivity contribution is 9.10. The van der Waals surface area contributed by atoms with Gasteiger partial charge in [-0.3, -0.25) is 9.78 Å². The van der Waals surface area contributed by atoms with Gasteiger partial charge in [0.05, 0.1) is 5.41 Å². The number of carbonyl (C=O) groups is 1. The zero-order valence-electron chi connectivity index (χ0n) is 11.9. The standard InChI is InChI=1S/C17H17BrN2O/c1-20(12-13-6-10-19-11-7-13)16(21)17(8-9-17)14-2-4-15(18)5-3-14/h2-7,10-11H,8-9,12H2,1H3. The van der Waals surface area contributed by atoms with E-state index in [1.165, 1.54) is 0 Å². The zero-order chi connectivity index (χ0) is 14.9. The van der Waals surface area contributed by atoms with E-state index in [-0.39, 0.29) is 11.3 Å². The van der Waals surface area contributed by atoms with Gasteiger partial charge in [-0.05, 0) is 48.2 Å². The maximum atomic E-state index is 12.8. The van der Waals surface area contributed by atoms with E-state index in [4.69, 9.17) is 0 Å². The SMILES string of the molecule is CN(Cc1ccncc1)C(=O)C1(c2ccc(Br)cc2)CC1. The molecule has 4 heteroatoms. The largest absolute Gasteiger partial charge is 0.341 e. The summed E-state index contributed by atoms with van der Waals surface area (Å²) in [7, 11) is 1.88. The highest BCUT2D eigenvalue weighted by Crippen LogP contribution is 2.49. The summed E-state index contributed by atoms with van der Waals surface area (Å²) in [5.74, 6) is 0.210. The van der Waals surface area contributed by atoms with Crippen LogP contribution in [0.25, 0.3) is 0 Å². The second kappa shape index (κ2) is 5.60. The lowest BCUT2D eigenvalue weighted by atomic mass is 9.94. The van der Waals surface area contributed by atoms with Gasteiger partial charge in [0.2, 0.25) is 5.91 Å². The Balaban J connectivity index is 1.76. The molecule has 3 rings (SSSR count). The molecule has 0 N–H and O–H groups in total. The number of nitrogens with zero attached hydrogens (tertiary/aromatic N) is 2. The van der Waals surface area contributed by atoms with Crippen molar-refractivity contribution >= 4 is 21.8 Å². The quantitative estimate of drug-likeness (QED) is 0.849. The molecule has 0 spiro atoms. The number of likely N-dealkylation sites (N-methyl/N-ethyl adjacent to an activating group) is 1. The van der Waals surface area contributed by atoms with Crippen LogP contribution in [-0.2, 0) is 16.8 Å². The van der Waals surface area contributed by atoms with Crippen molar-refractivity contribution in [2.75, 3.05) is 7.05 Å². The Morgan fingerprint density at radius 1 is 1.19 bits per heavy atom. The number of benzene rings is 1. The highest BCUT2D eigenvalue weighted by Gasteiger charge is 2.52. The van der Waals surface area contributed by atoms with Gasteiger partial charge in [-0.2, -0.15) is 0 Å². The van der Waals surface area contributed by atoms with Gasteiger partial charge in [-0.1, -0.05) is 28.1 Å². The number of halogens is 1. The van der Waals surface area contributed by atoms with Gasteiger partial charge in [0.1, 0.15) is 0 Å². The molecule has 1 amide bonds. The fraction of sp³-hybridized carbons (Fsp3) is 0.294. The van der Waals surface area contributed by atoms with Gasteiger partial charge in [0.15, 0.2) is 0 Å². The first-order valence-electron chi connectivity index (χ1n) is 7.02. The highest BCUT2D eigenvalue weighted by atomic mass is 79.9. The van der Waals surface area contributed by atoms with Crippen LogP contribution in [0.5, 0.6) is 0 Å². The van der Waals surface area contributed by atoms with Gasteiger partial charge < -0.3 is 4.90 Å². The molecule has 3 nitrogen and oxygen atoms in total. The Bertz CT molecular complexity index is 636. The van der Waals surface area contributed by atoms with Crippen molar-refractivity contribution in [3.05, 3.63) is 64.4 Å². The predicted molar refractivity (Wildman–Crippen MR) is 85.8 cm³/mol. The van der Waals surface area contributed by atoms with Gasteiger partial charge >= 0.3 is 0 Å². The van der Waals surface area contributed by atoms with Gasteiger partial charge in [0, 0.05) is 30.5 Å². The zero-order valence-corrected chi connectivity index (χ0v) is 13.5. The van der Waals surface area contributed by atoms with E-state index >= 15 is 0 Å². The topological polar surface area (TPSA) is 33.2 Å². The average Bonchev–Trinajstić information content (AvgIpc) is 3.30. The van der Waals surface area contributed by atoms with Crippen molar-refractivity contribution in [3.8, 4) is 0 Å². The van der Waals surface area contributed by atoms with E-state index in [9.17, 15) is 4.79 Å². The van der Waals surface area contributed by atoms with Crippen molar-refractivity contribution in [2.24, 2.45) is 0 Å². The smallest absolute Gasteiger partial charge is 0.233 e. The number of amides is 1. The summed E-state index contributed by atoms with van der Waals surface area (Å²) in [5, 5.41) is 0. The summed E-state index contributed by atoms with van der Waals surface area (Å²) in [5.41, 5.74) is 1.92. The van der Waals surface area contributed by atoms with Crippen molar-refractivity contribution in [2.45, 2.75) is 24.8 Å². The molecule has 1 heterocycles. The summed E-state index contributed by atoms with van der Waals surface area (Å²) >= 11 is 3.44. The third-order valence-corrected chi connectivity index (χ3v) is 4.60. The van der Waals surface area contributed by atoms with E-state index in [1.807, 2.05) is 36.2 Å². The summed E-state index contributed by atoms with van der Waals surface area (Å²) in [6.45, 7) is 0.625. The minimum Gasteiger partial charge on any atom is -0.341 e. The van der Waals surface area contributed by atoms with Crippen LogP contribution in [0, 0.1) is 0 Å². The molecular formula is C17H17BrN2O. The Labute approximate surface area is 133 Å². The monoisotopic (exact) mass is 344 g/mol. The van der Waals surface area contributed by atoms with E-state index in [1.54, 1.807) is 12.4 Å². The summed E-state index contributed by atoms with van der Waals surface area (Å²) < 4.78 is 1.04. The molecule has 2 aromatic rings. The molecule has 1 aliphatic rings. The molecule has 1 saturated carbocycles. The third kappa shape index (κ3) is 2.86. The second-order valence-corrected chi connectivity index (χ2v) is 6.52. The average molecular weight is 345 g/mol. The molecule has 0 saturated heterocycles. The second-order valence-electron chi connectivity index (χ2n) is 5.61. The maximum Gasteiger partial charge on any atom is 0.233 e. The van der Waals surface area contributed by atoms with E-state index < -0.39 is 0 Å². The maximum absolute atomic E-state index is 12.8. The molecule has 1 fully saturated rings. The number of hydrogen-bond donors (Lipinski definition) is 0. The molecule has 0 radical (unpaired) electrons. The van der Waals surface area contributed by atoms with Crippen molar-refractivity contribution in [1.82, 2.24) is 9.88 Å². The molecule has 0 unspecified atom stereocenters. The third-order valence-electron chi connectivity index (χ3n) is 4.07. The minimum atomic E-state index is -0.303. The summed E-state index contributed by atoms with van der Waals surface area (Å²) in [4.78, 5) is 18.6. The van der Waals surface area contributed by atoms with Crippen molar-refractivity contribution in [1.29, 1.82) is 0 Å². The Hall–Kier alpha value is -1.68. The first-order chi connectivity index (χ1) is 10.1. The molecule has 0 aliphatic heterocycles. The van der Waals surface area contributed by atoms with E-state index in [0.29, 0.717) is 6.54 Å². The lowest BCUT2D eigenvalue weighted by Gasteiger charge is -2.24. The van der Waals surface area contributed by atoms with Crippen LogP contribution in [0.4, 0.5) is 0 Å². The van der Waals surface area contributed by atoms with Crippen LogP contribution in [0.1, 0.15) is 24.0 Å². The number of pyridine rings is 1. The van der Waals surface area contributed by atoms with Gasteiger partial charge in [-0.25, -0.2) is 0 Å². The molecule has 0 atom stereocenters. The number of carbonyl (C=O) groups excluding carboxylic acids is 1. The van der Waals surface area contributed by atoms with E-state index in [0.717, 1.165) is 28.4 Å². The Kier molecular flexibility index (Phi) is 3.81. The van der Waals surface area contributed by atoms with Gasteiger partial charge in [0.25, 0.3) is 0 Å².